The summed E-state index contributed by atoms with van der Waals surface area (Å²) in [7, 11) is 0. The van der Waals surface area contributed by atoms with Gasteiger partial charge in [-0.05, 0) is 55.0 Å². The Hall–Kier alpha value is -2.78. The monoisotopic (exact) mass is 419 g/mol. The number of nitrogens with zero attached hydrogens (tertiary/aromatic N) is 1. The van der Waals surface area contributed by atoms with Crippen molar-refractivity contribution in [2.24, 2.45) is 5.92 Å². The van der Waals surface area contributed by atoms with E-state index < -0.39 is 0 Å². The molecule has 0 unspecified atom stereocenters. The predicted molar refractivity (Wildman–Crippen MR) is 121 cm³/mol. The summed E-state index contributed by atoms with van der Waals surface area (Å²) in [4.78, 5) is 15.0. The van der Waals surface area contributed by atoms with Crippen molar-refractivity contribution in [2.75, 3.05) is 13.1 Å². The van der Waals surface area contributed by atoms with E-state index in [1.807, 2.05) is 53.4 Å². The summed E-state index contributed by atoms with van der Waals surface area (Å²) >= 11 is 6.20. The van der Waals surface area contributed by atoms with E-state index in [4.69, 9.17) is 16.3 Å². The van der Waals surface area contributed by atoms with Crippen LogP contribution in [0.15, 0.2) is 78.9 Å². The Morgan fingerprint density at radius 3 is 2.43 bits per heavy atom. The molecule has 4 rings (SSSR count). The van der Waals surface area contributed by atoms with Crippen molar-refractivity contribution >= 4 is 17.5 Å². The number of likely N-dealkylation sites (tertiary alicyclic amines) is 1. The highest BCUT2D eigenvalue weighted by Crippen LogP contribution is 2.24. The normalized spacial score (nSPS) is 14.5. The third-order valence-electron chi connectivity index (χ3n) is 5.70. The Balaban J connectivity index is 1.32. The van der Waals surface area contributed by atoms with Crippen LogP contribution in [-0.2, 0) is 13.0 Å². The zero-order valence-electron chi connectivity index (χ0n) is 17.0. The van der Waals surface area contributed by atoms with Crippen LogP contribution in [0.4, 0.5) is 0 Å². The topological polar surface area (TPSA) is 29.5 Å². The number of amides is 1. The van der Waals surface area contributed by atoms with Gasteiger partial charge in [-0.15, -0.1) is 0 Å². The molecular formula is C26H26ClNO2. The van der Waals surface area contributed by atoms with Crippen LogP contribution in [0, 0.1) is 5.92 Å². The summed E-state index contributed by atoms with van der Waals surface area (Å²) in [5, 5.41) is 0.683. The standard InChI is InChI=1S/C26H26ClNO2/c27-25-12-5-4-9-23(25)19-30-24-11-6-10-22(18-24)26(29)28-15-13-21(14-16-28)17-20-7-2-1-3-8-20/h1-12,18,21H,13-17,19H2. The number of carbonyl (C=O) groups is 1. The molecule has 30 heavy (non-hydrogen) atoms. The average molecular weight is 420 g/mol. The van der Waals surface area contributed by atoms with Crippen LogP contribution in [0.1, 0.15) is 34.3 Å². The highest BCUT2D eigenvalue weighted by Gasteiger charge is 2.24. The maximum Gasteiger partial charge on any atom is 0.253 e. The summed E-state index contributed by atoms with van der Waals surface area (Å²) in [5.74, 6) is 1.40. The van der Waals surface area contributed by atoms with Gasteiger partial charge in [0.05, 0.1) is 0 Å². The Bertz CT molecular complexity index is 981. The zero-order chi connectivity index (χ0) is 20.8. The fourth-order valence-corrected chi connectivity index (χ4v) is 4.16. The molecule has 4 heteroatoms. The Labute approximate surface area is 183 Å². The molecule has 1 amide bonds. The zero-order valence-corrected chi connectivity index (χ0v) is 17.7. The molecule has 0 saturated carbocycles. The van der Waals surface area contributed by atoms with Crippen molar-refractivity contribution in [3.05, 3.63) is 101 Å². The van der Waals surface area contributed by atoms with E-state index in [-0.39, 0.29) is 5.91 Å². The second-order valence-corrected chi connectivity index (χ2v) is 8.24. The fourth-order valence-electron chi connectivity index (χ4n) is 3.97. The molecule has 0 aromatic heterocycles. The maximum atomic E-state index is 13.0. The molecule has 1 saturated heterocycles. The predicted octanol–water partition coefficient (Wildman–Crippen LogP) is 6.01. The van der Waals surface area contributed by atoms with Crippen LogP contribution < -0.4 is 4.74 Å². The molecule has 0 spiro atoms. The van der Waals surface area contributed by atoms with Crippen LogP contribution in [-0.4, -0.2) is 23.9 Å². The van der Waals surface area contributed by atoms with Gasteiger partial charge in [0.15, 0.2) is 0 Å². The van der Waals surface area contributed by atoms with Crippen molar-refractivity contribution in [1.82, 2.24) is 4.90 Å². The molecule has 1 heterocycles. The third kappa shape index (κ3) is 5.22. The quantitative estimate of drug-likeness (QED) is 0.489. The van der Waals surface area contributed by atoms with Crippen molar-refractivity contribution in [1.29, 1.82) is 0 Å². The number of benzene rings is 3. The average Bonchev–Trinajstić information content (AvgIpc) is 2.79. The second kappa shape index (κ2) is 9.82. The summed E-state index contributed by atoms with van der Waals surface area (Å²) in [6, 6.07) is 25.7. The van der Waals surface area contributed by atoms with E-state index >= 15 is 0 Å². The molecule has 0 aliphatic carbocycles. The first-order valence-corrected chi connectivity index (χ1v) is 10.9. The van der Waals surface area contributed by atoms with Crippen molar-refractivity contribution in [3.63, 3.8) is 0 Å². The van der Waals surface area contributed by atoms with Crippen molar-refractivity contribution in [2.45, 2.75) is 25.9 Å². The second-order valence-electron chi connectivity index (χ2n) is 7.83. The van der Waals surface area contributed by atoms with Gasteiger partial charge in [0.25, 0.3) is 5.91 Å². The maximum absolute atomic E-state index is 13.0. The first-order chi connectivity index (χ1) is 14.7. The summed E-state index contributed by atoms with van der Waals surface area (Å²) in [5.41, 5.74) is 2.98. The molecule has 3 aromatic carbocycles. The lowest BCUT2D eigenvalue weighted by atomic mass is 9.90. The number of carbonyl (C=O) groups excluding carboxylic acids is 1. The Morgan fingerprint density at radius 1 is 0.933 bits per heavy atom. The first kappa shape index (κ1) is 20.5. The van der Waals surface area contributed by atoms with Crippen molar-refractivity contribution < 1.29 is 9.53 Å². The van der Waals surface area contributed by atoms with E-state index in [0.29, 0.717) is 28.9 Å². The summed E-state index contributed by atoms with van der Waals surface area (Å²) in [6.07, 6.45) is 3.18. The number of ether oxygens (including phenoxy) is 1. The van der Waals surface area contributed by atoms with Gasteiger partial charge in [-0.25, -0.2) is 0 Å². The number of hydrogen-bond acceptors (Lipinski definition) is 2. The van der Waals surface area contributed by atoms with Crippen LogP contribution in [0.5, 0.6) is 5.75 Å². The van der Waals surface area contributed by atoms with Crippen molar-refractivity contribution in [3.8, 4) is 5.75 Å². The van der Waals surface area contributed by atoms with Gasteiger partial charge in [-0.1, -0.05) is 66.2 Å². The van der Waals surface area contributed by atoms with Crippen LogP contribution in [0.2, 0.25) is 5.02 Å². The van der Waals surface area contributed by atoms with Crippen LogP contribution >= 0.6 is 11.6 Å². The molecule has 1 aliphatic heterocycles. The minimum atomic E-state index is 0.0800. The SMILES string of the molecule is O=C(c1cccc(OCc2ccccc2Cl)c1)N1CCC(Cc2ccccc2)CC1. The van der Waals surface area contributed by atoms with Gasteiger partial charge in [-0.2, -0.15) is 0 Å². The van der Waals surface area contributed by atoms with Crippen LogP contribution in [0.25, 0.3) is 0 Å². The molecule has 0 radical (unpaired) electrons. The molecule has 1 fully saturated rings. The Kier molecular flexibility index (Phi) is 6.70. The van der Waals surface area contributed by atoms with E-state index in [1.54, 1.807) is 0 Å². The molecule has 0 N–H and O–H groups in total. The Morgan fingerprint density at radius 2 is 1.67 bits per heavy atom. The van der Waals surface area contributed by atoms with Gasteiger partial charge in [0.2, 0.25) is 0 Å². The van der Waals surface area contributed by atoms with Gasteiger partial charge in [0.1, 0.15) is 12.4 Å². The number of halogens is 1. The summed E-state index contributed by atoms with van der Waals surface area (Å²) < 4.78 is 5.88. The lowest BCUT2D eigenvalue weighted by molar-refractivity contribution is 0.0690. The third-order valence-corrected chi connectivity index (χ3v) is 6.07. The lowest BCUT2D eigenvalue weighted by Crippen LogP contribution is -2.38. The largest absolute Gasteiger partial charge is 0.489 e. The minimum absolute atomic E-state index is 0.0800. The molecule has 3 nitrogen and oxygen atoms in total. The smallest absolute Gasteiger partial charge is 0.253 e. The summed E-state index contributed by atoms with van der Waals surface area (Å²) in [6.45, 7) is 1.99. The number of rotatable bonds is 6. The molecule has 3 aromatic rings. The lowest BCUT2D eigenvalue weighted by Gasteiger charge is -2.32. The number of hydrogen-bond donors (Lipinski definition) is 0. The van der Waals surface area contributed by atoms with E-state index in [0.717, 1.165) is 37.9 Å². The van der Waals surface area contributed by atoms with Gasteiger partial charge < -0.3 is 9.64 Å². The van der Waals surface area contributed by atoms with Gasteiger partial charge >= 0.3 is 0 Å². The van der Waals surface area contributed by atoms with E-state index in [1.165, 1.54) is 5.56 Å². The van der Waals surface area contributed by atoms with Crippen LogP contribution in [0.3, 0.4) is 0 Å². The number of piperidine rings is 1. The van der Waals surface area contributed by atoms with Gasteiger partial charge in [0, 0.05) is 29.2 Å². The molecule has 1 aliphatic rings. The highest BCUT2D eigenvalue weighted by atomic mass is 35.5. The van der Waals surface area contributed by atoms with E-state index in [9.17, 15) is 4.79 Å². The minimum Gasteiger partial charge on any atom is -0.489 e. The molecular weight excluding hydrogens is 394 g/mol. The highest BCUT2D eigenvalue weighted by molar-refractivity contribution is 6.31. The van der Waals surface area contributed by atoms with E-state index in [2.05, 4.69) is 30.3 Å². The molecule has 0 atom stereocenters. The molecule has 154 valence electrons. The molecule has 0 bridgehead atoms. The fraction of sp³-hybridized carbons (Fsp3) is 0.269. The van der Waals surface area contributed by atoms with Gasteiger partial charge in [-0.3, -0.25) is 4.79 Å². The first-order valence-electron chi connectivity index (χ1n) is 10.5.